The third-order valence-corrected chi connectivity index (χ3v) is 12.4. The van der Waals surface area contributed by atoms with E-state index in [1.54, 1.807) is 40.1 Å². The van der Waals surface area contributed by atoms with Crippen LogP contribution in [0, 0.1) is 11.8 Å². The summed E-state index contributed by atoms with van der Waals surface area (Å²) in [6.07, 6.45) is 3.66. The number of para-hydroxylation sites is 2. The molecular formula is C50H76N18O8. The molecule has 0 radical (unpaired) electrons. The second-order valence-electron chi connectivity index (χ2n) is 19.1. The van der Waals surface area contributed by atoms with Gasteiger partial charge in [0.1, 0.15) is 36.3 Å². The zero-order valence-electron chi connectivity index (χ0n) is 43.4. The molecule has 6 amide bonds. The van der Waals surface area contributed by atoms with Crippen molar-refractivity contribution in [3.05, 3.63) is 72.1 Å². The number of fused-ring (bicyclic) bond motifs is 2. The van der Waals surface area contributed by atoms with Crippen LogP contribution in [0.3, 0.4) is 0 Å². The van der Waals surface area contributed by atoms with Crippen molar-refractivity contribution >= 4 is 81.1 Å². The number of aromatic amines is 2. The second kappa shape index (κ2) is 29.5. The molecule has 0 saturated heterocycles. The van der Waals surface area contributed by atoms with Crippen molar-refractivity contribution in [1.29, 1.82) is 0 Å². The predicted octanol–water partition coefficient (Wildman–Crippen LogP) is -1.77. The van der Waals surface area contributed by atoms with E-state index < -0.39 is 89.6 Å². The number of amides is 6. The summed E-state index contributed by atoms with van der Waals surface area (Å²) >= 11 is 0. The standard InChI is InChI=1S/C50H76N18O8/c1-26(2)39(51)45(73)66-38(23-29-25-62-33-15-8-6-13-31(29)33)44(72)68-40(27(3)4)46(74)67-37(22-28-24-61-32-14-7-5-12-30(28)32)43(71)64-34(16-9-19-58-48(52)53)41(69)63-35(17-10-20-59-49(54)55)42(70)65-36(47(75)76)18-11-21-60-50(56)57/h5-8,12-15,24-27,34-40,61-62H,9-11,16-23,51H2,1-4H3,(H,63,69)(H,64,71)(H,65,70)(H,66,73)(H,67,74)(H,68,72)(H,75,76)(H4,52,53,58)(H4,54,55,59)(H4,56,57,60)/t34-,35-,36-,37-,38-,39-,40-/m0/s1. The average Bonchev–Trinajstić information content (AvgIpc) is 3.97. The lowest BCUT2D eigenvalue weighted by Crippen LogP contribution is -2.61. The number of aliphatic carboxylic acids is 1. The first kappa shape index (κ1) is 60.1. The van der Waals surface area contributed by atoms with Gasteiger partial charge in [-0.2, -0.15) is 0 Å². The van der Waals surface area contributed by atoms with Crippen molar-refractivity contribution in [3.63, 3.8) is 0 Å². The molecule has 4 aromatic rings. The number of guanidine groups is 3. The van der Waals surface area contributed by atoms with Gasteiger partial charge in [-0.25, -0.2) is 4.79 Å². The number of hydrogen-bond acceptors (Lipinski definition) is 11. The highest BCUT2D eigenvalue weighted by atomic mass is 16.4. The number of rotatable bonds is 31. The normalized spacial score (nSPS) is 14.0. The van der Waals surface area contributed by atoms with Crippen molar-refractivity contribution in [2.75, 3.05) is 19.6 Å². The van der Waals surface area contributed by atoms with Gasteiger partial charge < -0.3 is 87.1 Å². The summed E-state index contributed by atoms with van der Waals surface area (Å²) in [4.78, 5) is 116. The number of nitrogens with zero attached hydrogens (tertiary/aromatic N) is 3. The molecule has 2 aromatic carbocycles. The molecule has 2 heterocycles. The molecule has 26 heteroatoms. The van der Waals surface area contributed by atoms with E-state index in [1.807, 2.05) is 48.5 Å². The van der Waals surface area contributed by atoms with Crippen LogP contribution in [0.4, 0.5) is 0 Å². The lowest BCUT2D eigenvalue weighted by Gasteiger charge is -2.29. The molecule has 7 atom stereocenters. The number of carboxylic acid groups (broad SMARTS) is 1. The highest BCUT2D eigenvalue weighted by Gasteiger charge is 2.35. The highest BCUT2D eigenvalue weighted by Crippen LogP contribution is 2.22. The third kappa shape index (κ3) is 18.8. The van der Waals surface area contributed by atoms with E-state index in [-0.39, 0.29) is 94.8 Å². The van der Waals surface area contributed by atoms with Gasteiger partial charge in [0.2, 0.25) is 35.4 Å². The van der Waals surface area contributed by atoms with E-state index in [9.17, 15) is 38.7 Å². The lowest BCUT2D eigenvalue weighted by atomic mass is 9.98. The lowest BCUT2D eigenvalue weighted by molar-refractivity contribution is -0.142. The summed E-state index contributed by atoms with van der Waals surface area (Å²) in [5, 5.41) is 27.9. The van der Waals surface area contributed by atoms with Crippen molar-refractivity contribution in [3.8, 4) is 0 Å². The van der Waals surface area contributed by atoms with Crippen LogP contribution in [0.5, 0.6) is 0 Å². The number of H-pyrrole nitrogens is 2. The minimum absolute atomic E-state index is 0.0384. The molecule has 0 aliphatic carbocycles. The van der Waals surface area contributed by atoms with Crippen molar-refractivity contribution in [1.82, 2.24) is 41.9 Å². The Morgan fingerprint density at radius 2 is 0.842 bits per heavy atom. The number of nitrogens with two attached hydrogens (primary N) is 7. The number of carboxylic acids is 1. The van der Waals surface area contributed by atoms with Crippen molar-refractivity contribution < 1.29 is 38.7 Å². The van der Waals surface area contributed by atoms with Gasteiger partial charge in [0, 0.05) is 66.7 Å². The van der Waals surface area contributed by atoms with Gasteiger partial charge in [-0.15, -0.1) is 0 Å². The molecule has 2 aromatic heterocycles. The van der Waals surface area contributed by atoms with Crippen LogP contribution >= 0.6 is 0 Å². The molecule has 26 nitrogen and oxygen atoms in total. The summed E-state index contributed by atoms with van der Waals surface area (Å²) < 4.78 is 0. The van der Waals surface area contributed by atoms with Crippen LogP contribution < -0.4 is 72.0 Å². The third-order valence-electron chi connectivity index (χ3n) is 12.4. The molecule has 0 bridgehead atoms. The number of carbonyl (C=O) groups excluding carboxylic acids is 6. The maximum Gasteiger partial charge on any atom is 0.326 e. The predicted molar refractivity (Wildman–Crippen MR) is 291 cm³/mol. The van der Waals surface area contributed by atoms with E-state index in [0.717, 1.165) is 27.4 Å². The Morgan fingerprint density at radius 3 is 1.24 bits per heavy atom. The minimum Gasteiger partial charge on any atom is -0.480 e. The van der Waals surface area contributed by atoms with Crippen LogP contribution in [0.2, 0.25) is 0 Å². The first-order valence-corrected chi connectivity index (χ1v) is 25.1. The molecule has 23 N–H and O–H groups in total. The van der Waals surface area contributed by atoms with E-state index in [4.69, 9.17) is 40.1 Å². The maximum absolute atomic E-state index is 14.8. The summed E-state index contributed by atoms with van der Waals surface area (Å²) in [7, 11) is 0. The van der Waals surface area contributed by atoms with Gasteiger partial charge in [-0.05, 0) is 73.6 Å². The molecule has 0 saturated carbocycles. The van der Waals surface area contributed by atoms with Crippen LogP contribution in [0.25, 0.3) is 21.8 Å². The first-order chi connectivity index (χ1) is 36.1. The fourth-order valence-corrected chi connectivity index (χ4v) is 8.20. The van der Waals surface area contributed by atoms with Crippen LogP contribution in [-0.4, -0.2) is 136 Å². The maximum atomic E-state index is 14.8. The number of aromatic nitrogens is 2. The zero-order valence-corrected chi connectivity index (χ0v) is 43.4. The Labute approximate surface area is 440 Å². The number of aliphatic imine (C=N–C) groups is 3. The molecule has 76 heavy (non-hydrogen) atoms. The van der Waals surface area contributed by atoms with Crippen molar-refractivity contribution in [2.45, 2.75) is 121 Å². The molecular weight excluding hydrogens is 981 g/mol. The molecule has 0 aliphatic heterocycles. The summed E-state index contributed by atoms with van der Waals surface area (Å²) in [6, 6.07) is 5.85. The summed E-state index contributed by atoms with van der Waals surface area (Å²) in [5.41, 5.74) is 42.1. The van der Waals surface area contributed by atoms with E-state index in [1.165, 1.54) is 0 Å². The largest absolute Gasteiger partial charge is 0.480 e. The molecule has 0 fully saturated rings. The Hall–Kier alpha value is -8.42. The number of hydrogen-bond donors (Lipinski definition) is 16. The van der Waals surface area contributed by atoms with E-state index in [0.29, 0.717) is 5.56 Å². The smallest absolute Gasteiger partial charge is 0.326 e. The molecule has 0 spiro atoms. The quantitative estimate of drug-likeness (QED) is 0.0151. The van der Waals surface area contributed by atoms with Gasteiger partial charge >= 0.3 is 5.97 Å². The first-order valence-electron chi connectivity index (χ1n) is 25.1. The van der Waals surface area contributed by atoms with E-state index in [2.05, 4.69) is 56.8 Å². The molecule has 414 valence electrons. The van der Waals surface area contributed by atoms with Crippen molar-refractivity contribution in [2.24, 2.45) is 66.9 Å². The van der Waals surface area contributed by atoms with Crippen LogP contribution in [-0.2, 0) is 46.4 Å². The van der Waals surface area contributed by atoms with Gasteiger partial charge in [-0.3, -0.25) is 43.7 Å². The molecule has 4 rings (SSSR count). The average molecular weight is 1060 g/mol. The summed E-state index contributed by atoms with van der Waals surface area (Å²) in [6.45, 7) is 7.15. The van der Waals surface area contributed by atoms with Gasteiger partial charge in [0.25, 0.3) is 0 Å². The Morgan fingerprint density at radius 1 is 0.487 bits per heavy atom. The number of carbonyl (C=O) groups is 7. The Balaban J connectivity index is 1.67. The topological polar surface area (TPSA) is 463 Å². The van der Waals surface area contributed by atoms with Gasteiger partial charge in [0.05, 0.1) is 6.04 Å². The fraction of sp³-hybridized carbons (Fsp3) is 0.480. The SMILES string of the molecule is CC(C)[C@H](N)C(=O)N[C@@H](Cc1c[nH]c2ccccc12)C(=O)N[C@H](C(=O)N[C@@H](Cc1c[nH]c2ccccc12)C(=O)N[C@@H](CCCN=C(N)N)C(=O)N[C@@H](CCCN=C(N)N)C(=O)N[C@@H](CCCN=C(N)N)C(=O)O)C(C)C. The second-order valence-corrected chi connectivity index (χ2v) is 19.1. The van der Waals surface area contributed by atoms with E-state index >= 15 is 0 Å². The fourth-order valence-electron chi connectivity index (χ4n) is 8.20. The monoisotopic (exact) mass is 1060 g/mol. The van der Waals surface area contributed by atoms with Gasteiger partial charge in [-0.1, -0.05) is 64.1 Å². The minimum atomic E-state index is -1.39. The number of nitrogens with one attached hydrogen (secondary N) is 8. The highest BCUT2D eigenvalue weighted by molar-refractivity contribution is 5.98. The summed E-state index contributed by atoms with van der Waals surface area (Å²) in [5.74, 6) is -7.29. The van der Waals surface area contributed by atoms with Crippen LogP contribution in [0.15, 0.2) is 75.9 Å². The molecule has 0 unspecified atom stereocenters. The zero-order chi connectivity index (χ0) is 56.1. The molecule has 0 aliphatic rings. The van der Waals surface area contributed by atoms with Crippen LogP contribution in [0.1, 0.15) is 77.3 Å². The Kier molecular flexibility index (Phi) is 23.3. The van der Waals surface area contributed by atoms with Gasteiger partial charge in [0.15, 0.2) is 17.9 Å². The Bertz CT molecular complexity index is 2700. The number of benzene rings is 2.